The van der Waals surface area contributed by atoms with E-state index in [0.29, 0.717) is 13.1 Å². The van der Waals surface area contributed by atoms with Gasteiger partial charge in [0.25, 0.3) is 0 Å². The highest BCUT2D eigenvalue weighted by Gasteiger charge is 2.38. The van der Waals surface area contributed by atoms with E-state index in [1.807, 2.05) is 49.4 Å². The minimum Gasteiger partial charge on any atom is -0.466 e. The van der Waals surface area contributed by atoms with E-state index in [0.717, 1.165) is 17.1 Å². The number of sulfonamides is 1. The van der Waals surface area contributed by atoms with E-state index >= 15 is 0 Å². The van der Waals surface area contributed by atoms with Crippen molar-refractivity contribution < 1.29 is 12.8 Å². The summed E-state index contributed by atoms with van der Waals surface area (Å²) < 4.78 is 32.2. The lowest BCUT2D eigenvalue weighted by molar-refractivity contribution is 0.428. The van der Waals surface area contributed by atoms with Gasteiger partial charge in [0.15, 0.2) is 0 Å². The van der Waals surface area contributed by atoms with Crippen LogP contribution in [0.3, 0.4) is 0 Å². The maximum Gasteiger partial charge on any atom is 0.218 e. The molecule has 0 radical (unpaired) electrons. The van der Waals surface area contributed by atoms with Crippen molar-refractivity contribution in [1.82, 2.24) is 4.31 Å². The Bertz CT molecular complexity index is 740. The van der Waals surface area contributed by atoms with Crippen molar-refractivity contribution in [3.8, 4) is 0 Å². The molecule has 0 bridgehead atoms. The van der Waals surface area contributed by atoms with E-state index in [1.54, 1.807) is 0 Å². The second kappa shape index (κ2) is 5.87. The van der Waals surface area contributed by atoms with Crippen molar-refractivity contribution >= 4 is 10.0 Å². The van der Waals surface area contributed by atoms with Crippen LogP contribution in [0.1, 0.15) is 23.0 Å². The number of furan rings is 1. The van der Waals surface area contributed by atoms with Gasteiger partial charge in [-0.1, -0.05) is 30.3 Å². The fraction of sp³-hybridized carbons (Fsp3) is 0.375. The molecule has 0 unspecified atom stereocenters. The summed E-state index contributed by atoms with van der Waals surface area (Å²) in [4.78, 5) is 0. The molecule has 2 heterocycles. The molecule has 0 saturated carbocycles. The van der Waals surface area contributed by atoms with Crippen molar-refractivity contribution in [2.75, 3.05) is 13.1 Å². The molecular formula is C16H20N2O3S. The Balaban J connectivity index is 1.76. The Hall–Kier alpha value is -1.63. The third-order valence-corrected chi connectivity index (χ3v) is 5.83. The third kappa shape index (κ3) is 3.09. The van der Waals surface area contributed by atoms with Gasteiger partial charge in [0.05, 0.1) is 5.75 Å². The summed E-state index contributed by atoms with van der Waals surface area (Å²) in [7, 11) is -3.37. The number of rotatable bonds is 4. The van der Waals surface area contributed by atoms with E-state index < -0.39 is 10.0 Å². The molecule has 1 saturated heterocycles. The van der Waals surface area contributed by atoms with E-state index in [4.69, 9.17) is 10.2 Å². The highest BCUT2D eigenvalue weighted by atomic mass is 32.2. The molecule has 0 spiro atoms. The average Bonchev–Trinajstić information content (AvgIpc) is 3.06. The molecule has 0 amide bonds. The minimum absolute atomic E-state index is 0.00443. The fourth-order valence-electron chi connectivity index (χ4n) is 2.85. The number of hydrogen-bond acceptors (Lipinski definition) is 4. The maximum absolute atomic E-state index is 12.6. The van der Waals surface area contributed by atoms with Gasteiger partial charge in [-0.05, 0) is 24.6 Å². The van der Waals surface area contributed by atoms with Gasteiger partial charge < -0.3 is 10.2 Å². The third-order valence-electron chi connectivity index (χ3n) is 4.04. The van der Waals surface area contributed by atoms with E-state index in [-0.39, 0.29) is 17.7 Å². The highest BCUT2D eigenvalue weighted by Crippen LogP contribution is 2.30. The van der Waals surface area contributed by atoms with Crippen LogP contribution in [0.4, 0.5) is 0 Å². The van der Waals surface area contributed by atoms with E-state index in [2.05, 4.69) is 0 Å². The van der Waals surface area contributed by atoms with Gasteiger partial charge in [-0.3, -0.25) is 0 Å². The van der Waals surface area contributed by atoms with Crippen molar-refractivity contribution in [2.24, 2.45) is 5.73 Å². The molecule has 3 rings (SSSR count). The van der Waals surface area contributed by atoms with Crippen LogP contribution in [0.2, 0.25) is 0 Å². The van der Waals surface area contributed by atoms with Crippen molar-refractivity contribution in [2.45, 2.75) is 24.6 Å². The topological polar surface area (TPSA) is 76.5 Å². The largest absolute Gasteiger partial charge is 0.466 e. The molecule has 1 aromatic heterocycles. The van der Waals surface area contributed by atoms with Crippen molar-refractivity contribution in [3.63, 3.8) is 0 Å². The smallest absolute Gasteiger partial charge is 0.218 e. The Labute approximate surface area is 130 Å². The Morgan fingerprint density at radius 3 is 2.55 bits per heavy atom. The zero-order valence-corrected chi connectivity index (χ0v) is 13.3. The molecule has 2 N–H and O–H groups in total. The van der Waals surface area contributed by atoms with Crippen LogP contribution in [0.15, 0.2) is 46.9 Å². The first-order valence-electron chi connectivity index (χ1n) is 7.29. The van der Waals surface area contributed by atoms with Crippen LogP contribution in [0.5, 0.6) is 0 Å². The number of aryl methyl sites for hydroxylation is 1. The molecule has 118 valence electrons. The number of nitrogens with zero attached hydrogens (tertiary/aromatic N) is 1. The summed E-state index contributed by atoms with van der Waals surface area (Å²) in [6, 6.07) is 12.7. The van der Waals surface area contributed by atoms with Gasteiger partial charge in [0.1, 0.15) is 11.5 Å². The van der Waals surface area contributed by atoms with Crippen molar-refractivity contribution in [3.05, 3.63) is 59.5 Å². The summed E-state index contributed by atoms with van der Waals surface area (Å²) in [6.07, 6.45) is 0. The zero-order valence-electron chi connectivity index (χ0n) is 12.5. The van der Waals surface area contributed by atoms with Crippen LogP contribution in [0.25, 0.3) is 0 Å². The molecule has 22 heavy (non-hydrogen) atoms. The second-order valence-electron chi connectivity index (χ2n) is 5.78. The highest BCUT2D eigenvalue weighted by molar-refractivity contribution is 7.88. The van der Waals surface area contributed by atoms with E-state index in [9.17, 15) is 8.42 Å². The summed E-state index contributed by atoms with van der Waals surface area (Å²) >= 11 is 0. The van der Waals surface area contributed by atoms with Crippen molar-refractivity contribution in [1.29, 1.82) is 0 Å². The van der Waals surface area contributed by atoms with Crippen LogP contribution in [0, 0.1) is 6.92 Å². The van der Waals surface area contributed by atoms with Crippen LogP contribution in [-0.2, 0) is 15.8 Å². The Kier molecular flexibility index (Phi) is 4.08. The first-order valence-corrected chi connectivity index (χ1v) is 8.90. The van der Waals surface area contributed by atoms with Crippen LogP contribution < -0.4 is 5.73 Å². The van der Waals surface area contributed by atoms with Gasteiger partial charge in [-0.25, -0.2) is 8.42 Å². The summed E-state index contributed by atoms with van der Waals surface area (Å²) in [5.74, 6) is 1.50. The fourth-order valence-corrected chi connectivity index (χ4v) is 4.43. The van der Waals surface area contributed by atoms with Crippen LogP contribution in [-0.4, -0.2) is 31.9 Å². The minimum atomic E-state index is -3.37. The normalized spacial score (nSPS) is 23.0. The first-order chi connectivity index (χ1) is 10.5. The van der Waals surface area contributed by atoms with Crippen LogP contribution >= 0.6 is 0 Å². The van der Waals surface area contributed by atoms with Gasteiger partial charge in [0.2, 0.25) is 10.0 Å². The predicted octanol–water partition coefficient (Wildman–Crippen LogP) is 1.84. The lowest BCUT2D eigenvalue weighted by atomic mass is 10.0. The van der Waals surface area contributed by atoms with Gasteiger partial charge in [-0.2, -0.15) is 4.31 Å². The maximum atomic E-state index is 12.6. The SMILES string of the molecule is Cc1ccc([C@H]2CN(S(=O)(=O)Cc3ccccc3)C[C@@H]2N)o1. The molecule has 1 aromatic carbocycles. The standard InChI is InChI=1S/C16H20N2O3S/c1-12-7-8-16(21-12)14-9-18(10-15(14)17)22(19,20)11-13-5-3-2-4-6-13/h2-8,14-15H,9-11,17H2,1H3/t14-,15-/m0/s1. The molecular weight excluding hydrogens is 300 g/mol. The van der Waals surface area contributed by atoms with Gasteiger partial charge in [-0.15, -0.1) is 0 Å². The molecule has 2 aromatic rings. The van der Waals surface area contributed by atoms with E-state index in [1.165, 1.54) is 4.31 Å². The van der Waals surface area contributed by atoms with Gasteiger partial charge in [0, 0.05) is 25.0 Å². The molecule has 1 aliphatic rings. The van der Waals surface area contributed by atoms with Gasteiger partial charge >= 0.3 is 0 Å². The summed E-state index contributed by atoms with van der Waals surface area (Å²) in [5.41, 5.74) is 6.92. The average molecular weight is 320 g/mol. The summed E-state index contributed by atoms with van der Waals surface area (Å²) in [6.45, 7) is 2.58. The summed E-state index contributed by atoms with van der Waals surface area (Å²) in [5, 5.41) is 0. The molecule has 2 atom stereocenters. The number of hydrogen-bond donors (Lipinski definition) is 1. The number of benzene rings is 1. The Morgan fingerprint density at radius 2 is 1.91 bits per heavy atom. The molecule has 6 heteroatoms. The molecule has 1 fully saturated rings. The molecule has 5 nitrogen and oxygen atoms in total. The number of nitrogens with two attached hydrogens (primary N) is 1. The second-order valence-corrected chi connectivity index (χ2v) is 7.75. The first kappa shape index (κ1) is 15.3. The lowest BCUT2D eigenvalue weighted by Gasteiger charge is -2.16. The quantitative estimate of drug-likeness (QED) is 0.932. The zero-order chi connectivity index (χ0) is 15.7. The Morgan fingerprint density at radius 1 is 1.18 bits per heavy atom. The lowest BCUT2D eigenvalue weighted by Crippen LogP contribution is -2.33. The predicted molar refractivity (Wildman–Crippen MR) is 84.8 cm³/mol. The monoisotopic (exact) mass is 320 g/mol. The molecule has 0 aliphatic carbocycles. The molecule has 1 aliphatic heterocycles.